The number of hydrogen-bond donors (Lipinski definition) is 2. The predicted octanol–water partition coefficient (Wildman–Crippen LogP) is 2.38. The van der Waals surface area contributed by atoms with E-state index in [0.29, 0.717) is 0 Å². The van der Waals surface area contributed by atoms with Gasteiger partial charge in [0.05, 0.1) is 5.54 Å². The fraction of sp³-hybridized carbons (Fsp3) is 0.923. The number of hydrogen-bond acceptors (Lipinski definition) is 2. The van der Waals surface area contributed by atoms with Gasteiger partial charge in [-0.15, -0.1) is 0 Å². The zero-order valence-electron chi connectivity index (χ0n) is 10.8. The third-order valence-corrected chi connectivity index (χ3v) is 3.94. The lowest BCUT2D eigenvalue weighted by atomic mass is 9.71. The number of aliphatic hydroxyl groups is 1. The zero-order valence-corrected chi connectivity index (χ0v) is 10.8. The average molecular weight is 227 g/mol. The molecule has 0 spiro atoms. The largest absolute Gasteiger partial charge is 0.378 e. The molecule has 16 heavy (non-hydrogen) atoms. The van der Waals surface area contributed by atoms with E-state index in [1.54, 1.807) is 6.92 Å². The predicted molar refractivity (Wildman–Crippen MR) is 65.2 cm³/mol. The van der Waals surface area contributed by atoms with Crippen molar-refractivity contribution in [3.63, 3.8) is 0 Å². The molecule has 0 unspecified atom stereocenters. The van der Waals surface area contributed by atoms with Gasteiger partial charge in [0.15, 0.2) is 5.60 Å². The maximum Gasteiger partial charge on any atom is 0.254 e. The normalized spacial score (nSPS) is 33.4. The highest BCUT2D eigenvalue weighted by atomic mass is 16.3. The Morgan fingerprint density at radius 1 is 1.12 bits per heavy atom. The SMILES string of the molecule is CCCCCCCC[C@@]1(C)NC(=O)[C@]1(C)O. The van der Waals surface area contributed by atoms with Gasteiger partial charge in [-0.1, -0.05) is 45.4 Å². The van der Waals surface area contributed by atoms with Crippen LogP contribution in [0.5, 0.6) is 0 Å². The van der Waals surface area contributed by atoms with Crippen LogP contribution in [0.1, 0.15) is 65.7 Å². The molecule has 1 heterocycles. The molecule has 2 atom stereocenters. The lowest BCUT2D eigenvalue weighted by Gasteiger charge is -2.51. The lowest BCUT2D eigenvalue weighted by molar-refractivity contribution is -0.171. The van der Waals surface area contributed by atoms with E-state index in [9.17, 15) is 9.90 Å². The number of carbonyl (C=O) groups is 1. The third kappa shape index (κ3) is 2.57. The van der Waals surface area contributed by atoms with Crippen molar-refractivity contribution in [1.82, 2.24) is 5.32 Å². The van der Waals surface area contributed by atoms with Crippen LogP contribution in [0.15, 0.2) is 0 Å². The third-order valence-electron chi connectivity index (χ3n) is 3.94. The van der Waals surface area contributed by atoms with Gasteiger partial charge >= 0.3 is 0 Å². The van der Waals surface area contributed by atoms with Crippen molar-refractivity contribution >= 4 is 5.91 Å². The quantitative estimate of drug-likeness (QED) is 0.518. The number of rotatable bonds is 7. The van der Waals surface area contributed by atoms with Crippen molar-refractivity contribution in [2.75, 3.05) is 0 Å². The molecule has 0 saturated carbocycles. The van der Waals surface area contributed by atoms with Gasteiger partial charge in [-0.05, 0) is 20.3 Å². The summed E-state index contributed by atoms with van der Waals surface area (Å²) in [5, 5.41) is 12.8. The van der Waals surface area contributed by atoms with Crippen LogP contribution >= 0.6 is 0 Å². The number of amides is 1. The highest BCUT2D eigenvalue weighted by Gasteiger charge is 2.58. The molecule has 3 heteroatoms. The molecule has 0 aromatic carbocycles. The van der Waals surface area contributed by atoms with Gasteiger partial charge in [-0.25, -0.2) is 0 Å². The van der Waals surface area contributed by atoms with Crippen LogP contribution in [0.25, 0.3) is 0 Å². The molecule has 1 aliphatic heterocycles. The van der Waals surface area contributed by atoms with E-state index in [-0.39, 0.29) is 5.91 Å². The Labute approximate surface area is 98.6 Å². The van der Waals surface area contributed by atoms with Crippen LogP contribution < -0.4 is 5.32 Å². The molecule has 1 aliphatic rings. The van der Waals surface area contributed by atoms with Crippen LogP contribution in [0.3, 0.4) is 0 Å². The summed E-state index contributed by atoms with van der Waals surface area (Å²) >= 11 is 0. The Morgan fingerprint density at radius 3 is 2.19 bits per heavy atom. The highest BCUT2D eigenvalue weighted by molar-refractivity contribution is 5.93. The minimum atomic E-state index is -1.17. The molecule has 0 aromatic rings. The molecule has 0 aromatic heterocycles. The van der Waals surface area contributed by atoms with E-state index in [0.717, 1.165) is 12.8 Å². The van der Waals surface area contributed by atoms with Gasteiger partial charge in [0, 0.05) is 0 Å². The lowest BCUT2D eigenvalue weighted by Crippen LogP contribution is -2.78. The summed E-state index contributed by atoms with van der Waals surface area (Å²) in [7, 11) is 0. The van der Waals surface area contributed by atoms with Crippen molar-refractivity contribution in [3.8, 4) is 0 Å². The van der Waals surface area contributed by atoms with Gasteiger partial charge in [0.25, 0.3) is 5.91 Å². The minimum absolute atomic E-state index is 0.235. The molecule has 1 amide bonds. The minimum Gasteiger partial charge on any atom is -0.378 e. The second kappa shape index (κ2) is 5.17. The number of nitrogens with one attached hydrogen (secondary N) is 1. The van der Waals surface area contributed by atoms with Crippen molar-refractivity contribution < 1.29 is 9.90 Å². The Bertz CT molecular complexity index is 250. The van der Waals surface area contributed by atoms with E-state index < -0.39 is 11.1 Å². The van der Waals surface area contributed by atoms with Gasteiger partial charge in [-0.2, -0.15) is 0 Å². The number of β-lactam (4-membered cyclic amide) rings is 1. The fourth-order valence-corrected chi connectivity index (χ4v) is 2.25. The molecular formula is C13H25NO2. The van der Waals surface area contributed by atoms with E-state index in [1.807, 2.05) is 6.92 Å². The summed E-state index contributed by atoms with van der Waals surface area (Å²) < 4.78 is 0. The highest BCUT2D eigenvalue weighted by Crippen LogP contribution is 2.35. The summed E-state index contributed by atoms with van der Waals surface area (Å²) in [4.78, 5) is 11.2. The summed E-state index contributed by atoms with van der Waals surface area (Å²) in [5.41, 5.74) is -1.58. The van der Waals surface area contributed by atoms with Crippen LogP contribution in [0.2, 0.25) is 0 Å². The fourth-order valence-electron chi connectivity index (χ4n) is 2.25. The van der Waals surface area contributed by atoms with E-state index in [1.165, 1.54) is 32.1 Å². The van der Waals surface area contributed by atoms with Crippen molar-refractivity contribution in [3.05, 3.63) is 0 Å². The summed E-state index contributed by atoms with van der Waals surface area (Å²) in [6, 6.07) is 0. The van der Waals surface area contributed by atoms with Crippen LogP contribution in [-0.4, -0.2) is 22.2 Å². The topological polar surface area (TPSA) is 49.3 Å². The van der Waals surface area contributed by atoms with Crippen molar-refractivity contribution in [1.29, 1.82) is 0 Å². The van der Waals surface area contributed by atoms with E-state index >= 15 is 0 Å². The first-order chi connectivity index (χ1) is 7.44. The molecule has 3 nitrogen and oxygen atoms in total. The Kier molecular flexibility index (Phi) is 4.36. The van der Waals surface area contributed by atoms with Crippen LogP contribution in [0, 0.1) is 0 Å². The van der Waals surface area contributed by atoms with E-state index in [2.05, 4.69) is 12.2 Å². The van der Waals surface area contributed by atoms with Gasteiger partial charge in [-0.3, -0.25) is 4.79 Å². The average Bonchev–Trinajstić information content (AvgIpc) is 2.23. The van der Waals surface area contributed by atoms with E-state index in [4.69, 9.17) is 0 Å². The first kappa shape index (κ1) is 13.5. The molecule has 94 valence electrons. The first-order valence-corrected chi connectivity index (χ1v) is 6.49. The second-order valence-corrected chi connectivity index (χ2v) is 5.38. The molecule has 0 aliphatic carbocycles. The maximum atomic E-state index is 11.2. The molecule has 2 N–H and O–H groups in total. The first-order valence-electron chi connectivity index (χ1n) is 6.49. The Hall–Kier alpha value is -0.570. The monoisotopic (exact) mass is 227 g/mol. The molecule has 1 fully saturated rings. The summed E-state index contributed by atoms with van der Waals surface area (Å²) in [6.07, 6.45) is 8.29. The standard InChI is InChI=1S/C13H25NO2/c1-4-5-6-7-8-9-10-12(2)13(3,16)11(15)14-12/h16H,4-10H2,1-3H3,(H,14,15)/t12-,13+/m1/s1. The number of unbranched alkanes of at least 4 members (excludes halogenated alkanes) is 5. The maximum absolute atomic E-state index is 11.2. The molecule has 1 saturated heterocycles. The molecule has 0 bridgehead atoms. The molecule has 0 radical (unpaired) electrons. The Balaban J connectivity index is 2.16. The van der Waals surface area contributed by atoms with Crippen LogP contribution in [-0.2, 0) is 4.79 Å². The van der Waals surface area contributed by atoms with Gasteiger partial charge < -0.3 is 10.4 Å². The second-order valence-electron chi connectivity index (χ2n) is 5.38. The molecule has 1 rings (SSSR count). The van der Waals surface area contributed by atoms with Gasteiger partial charge in [0.1, 0.15) is 0 Å². The summed E-state index contributed by atoms with van der Waals surface area (Å²) in [6.45, 7) is 5.76. The zero-order chi connectivity index (χ0) is 12.2. The number of carbonyl (C=O) groups excluding carboxylic acids is 1. The Morgan fingerprint density at radius 2 is 1.69 bits per heavy atom. The summed E-state index contributed by atoms with van der Waals surface area (Å²) in [5.74, 6) is -0.235. The molecular weight excluding hydrogens is 202 g/mol. The van der Waals surface area contributed by atoms with Crippen molar-refractivity contribution in [2.24, 2.45) is 0 Å². The van der Waals surface area contributed by atoms with Crippen molar-refractivity contribution in [2.45, 2.75) is 76.9 Å². The smallest absolute Gasteiger partial charge is 0.254 e. The van der Waals surface area contributed by atoms with Gasteiger partial charge in [0.2, 0.25) is 0 Å². The van der Waals surface area contributed by atoms with Crippen LogP contribution in [0.4, 0.5) is 0 Å².